The molecular weight excluding hydrogens is 296 g/mol. The molecule has 2 heterocycles. The Kier molecular flexibility index (Phi) is 5.59. The van der Waals surface area contributed by atoms with E-state index in [1.807, 2.05) is 39.5 Å². The van der Waals surface area contributed by atoms with Gasteiger partial charge in [-0.15, -0.1) is 0 Å². The molecule has 0 bridgehead atoms. The standard InChI is InChI=1S/C17H32N2O4/c1-12-9-13(18-14-10-21-17(5,6)22-11-14)7-8-19(12)15(20)23-16(2,3)4/h12-14,18H,7-11H2,1-6H3. The average molecular weight is 328 g/mol. The fourth-order valence-electron chi connectivity index (χ4n) is 3.04. The third-order valence-corrected chi connectivity index (χ3v) is 4.24. The quantitative estimate of drug-likeness (QED) is 0.844. The van der Waals surface area contributed by atoms with Gasteiger partial charge in [-0.05, 0) is 54.4 Å². The van der Waals surface area contributed by atoms with Crippen molar-refractivity contribution >= 4 is 6.09 Å². The molecule has 0 aromatic heterocycles. The van der Waals surface area contributed by atoms with Crippen LogP contribution in [-0.2, 0) is 14.2 Å². The van der Waals surface area contributed by atoms with Crippen molar-refractivity contribution in [2.75, 3.05) is 19.8 Å². The number of likely N-dealkylation sites (tertiary alicyclic amines) is 1. The van der Waals surface area contributed by atoms with Crippen LogP contribution in [0.25, 0.3) is 0 Å². The molecule has 2 unspecified atom stereocenters. The summed E-state index contributed by atoms with van der Waals surface area (Å²) in [5.41, 5.74) is -0.449. The third kappa shape index (κ3) is 5.62. The predicted octanol–water partition coefficient (Wildman–Crippen LogP) is 2.52. The Hall–Kier alpha value is -0.850. The SMILES string of the molecule is CC1CC(NC2COC(C)(C)OC2)CCN1C(=O)OC(C)(C)C. The summed E-state index contributed by atoms with van der Waals surface area (Å²) >= 11 is 0. The molecule has 0 saturated carbocycles. The first-order chi connectivity index (χ1) is 10.6. The Morgan fingerprint density at radius 2 is 1.83 bits per heavy atom. The van der Waals surface area contributed by atoms with Gasteiger partial charge >= 0.3 is 6.09 Å². The molecular formula is C17H32N2O4. The predicted molar refractivity (Wildman–Crippen MR) is 88.3 cm³/mol. The largest absolute Gasteiger partial charge is 0.444 e. The van der Waals surface area contributed by atoms with Gasteiger partial charge in [0.15, 0.2) is 5.79 Å². The van der Waals surface area contributed by atoms with Gasteiger partial charge in [-0.25, -0.2) is 4.79 Å². The number of hydrogen-bond donors (Lipinski definition) is 1. The summed E-state index contributed by atoms with van der Waals surface area (Å²) in [5, 5.41) is 3.60. The summed E-state index contributed by atoms with van der Waals surface area (Å²) < 4.78 is 16.9. The molecule has 0 aliphatic carbocycles. The first kappa shape index (κ1) is 18.5. The molecule has 6 heteroatoms. The molecule has 23 heavy (non-hydrogen) atoms. The van der Waals surface area contributed by atoms with Gasteiger partial charge < -0.3 is 24.4 Å². The van der Waals surface area contributed by atoms with Crippen molar-refractivity contribution in [3.8, 4) is 0 Å². The van der Waals surface area contributed by atoms with Gasteiger partial charge in [0.2, 0.25) is 0 Å². The fourth-order valence-corrected chi connectivity index (χ4v) is 3.04. The maximum absolute atomic E-state index is 12.2. The van der Waals surface area contributed by atoms with Crippen molar-refractivity contribution in [3.05, 3.63) is 0 Å². The number of amides is 1. The molecule has 2 aliphatic rings. The Balaban J connectivity index is 1.79. The monoisotopic (exact) mass is 328 g/mol. The van der Waals surface area contributed by atoms with Crippen molar-refractivity contribution in [1.29, 1.82) is 0 Å². The van der Waals surface area contributed by atoms with Crippen LogP contribution in [-0.4, -0.2) is 60.3 Å². The molecule has 1 N–H and O–H groups in total. The summed E-state index contributed by atoms with van der Waals surface area (Å²) in [4.78, 5) is 14.1. The van der Waals surface area contributed by atoms with E-state index in [1.54, 1.807) is 0 Å². The molecule has 0 radical (unpaired) electrons. The molecule has 0 aromatic carbocycles. The smallest absolute Gasteiger partial charge is 0.410 e. The van der Waals surface area contributed by atoms with E-state index in [1.165, 1.54) is 0 Å². The molecule has 0 aromatic rings. The number of nitrogens with one attached hydrogen (secondary N) is 1. The lowest BCUT2D eigenvalue weighted by Crippen LogP contribution is -2.56. The van der Waals surface area contributed by atoms with Crippen molar-refractivity contribution in [2.45, 2.75) is 83.9 Å². The number of ether oxygens (including phenoxy) is 3. The normalized spacial score (nSPS) is 29.4. The van der Waals surface area contributed by atoms with Gasteiger partial charge in [0.25, 0.3) is 0 Å². The second kappa shape index (κ2) is 6.95. The molecule has 1 amide bonds. The summed E-state index contributed by atoms with van der Waals surface area (Å²) in [6.45, 7) is 13.7. The minimum atomic E-state index is -0.481. The summed E-state index contributed by atoms with van der Waals surface area (Å²) in [6, 6.07) is 0.758. The molecule has 2 atom stereocenters. The number of nitrogens with zero attached hydrogens (tertiary/aromatic N) is 1. The van der Waals surface area contributed by atoms with Crippen molar-refractivity contribution < 1.29 is 19.0 Å². The number of hydrogen-bond acceptors (Lipinski definition) is 5. The second-order valence-corrected chi connectivity index (χ2v) is 8.13. The van der Waals surface area contributed by atoms with Crippen LogP contribution >= 0.6 is 0 Å². The summed E-state index contributed by atoms with van der Waals surface area (Å²) in [5.74, 6) is -0.481. The second-order valence-electron chi connectivity index (χ2n) is 8.13. The third-order valence-electron chi connectivity index (χ3n) is 4.24. The zero-order chi connectivity index (χ0) is 17.3. The first-order valence-corrected chi connectivity index (χ1v) is 8.59. The van der Waals surface area contributed by atoms with Gasteiger partial charge in [0.05, 0.1) is 19.3 Å². The van der Waals surface area contributed by atoms with E-state index in [4.69, 9.17) is 14.2 Å². The average Bonchev–Trinajstić information content (AvgIpc) is 2.39. The Labute approximate surface area is 139 Å². The topological polar surface area (TPSA) is 60.0 Å². The van der Waals surface area contributed by atoms with Gasteiger partial charge in [-0.1, -0.05) is 0 Å². The van der Waals surface area contributed by atoms with Gasteiger partial charge in [-0.3, -0.25) is 0 Å². The van der Waals surface area contributed by atoms with Crippen molar-refractivity contribution in [1.82, 2.24) is 10.2 Å². The highest BCUT2D eigenvalue weighted by Gasteiger charge is 2.34. The zero-order valence-corrected chi connectivity index (χ0v) is 15.3. The van der Waals surface area contributed by atoms with Crippen molar-refractivity contribution in [3.63, 3.8) is 0 Å². The molecule has 2 saturated heterocycles. The van der Waals surface area contributed by atoms with Crippen LogP contribution in [0.1, 0.15) is 54.4 Å². The van der Waals surface area contributed by atoms with E-state index in [2.05, 4.69) is 12.2 Å². The molecule has 2 aliphatic heterocycles. The zero-order valence-electron chi connectivity index (χ0n) is 15.3. The Morgan fingerprint density at radius 3 is 2.35 bits per heavy atom. The summed E-state index contributed by atoms with van der Waals surface area (Å²) in [6.07, 6.45) is 1.62. The van der Waals surface area contributed by atoms with Crippen molar-refractivity contribution in [2.24, 2.45) is 0 Å². The van der Waals surface area contributed by atoms with E-state index in [0.29, 0.717) is 25.8 Å². The highest BCUT2D eigenvalue weighted by atomic mass is 16.7. The number of carbonyl (C=O) groups is 1. The van der Waals surface area contributed by atoms with E-state index in [-0.39, 0.29) is 18.2 Å². The lowest BCUT2D eigenvalue weighted by molar-refractivity contribution is -0.253. The van der Waals surface area contributed by atoms with E-state index in [0.717, 1.165) is 12.8 Å². The van der Waals surface area contributed by atoms with Gasteiger partial charge in [0, 0.05) is 18.6 Å². The lowest BCUT2D eigenvalue weighted by atomic mass is 9.98. The molecule has 2 rings (SSSR count). The molecule has 134 valence electrons. The maximum Gasteiger partial charge on any atom is 0.410 e. The van der Waals surface area contributed by atoms with Gasteiger partial charge in [0.1, 0.15) is 5.60 Å². The van der Waals surface area contributed by atoms with E-state index < -0.39 is 11.4 Å². The fraction of sp³-hybridized carbons (Fsp3) is 0.941. The maximum atomic E-state index is 12.2. The first-order valence-electron chi connectivity index (χ1n) is 8.59. The highest BCUT2D eigenvalue weighted by Crippen LogP contribution is 2.22. The van der Waals surface area contributed by atoms with Crippen LogP contribution in [0.3, 0.4) is 0 Å². The van der Waals surface area contributed by atoms with Crippen LogP contribution in [0.5, 0.6) is 0 Å². The number of carbonyl (C=O) groups excluding carboxylic acids is 1. The Morgan fingerprint density at radius 1 is 1.22 bits per heavy atom. The van der Waals surface area contributed by atoms with E-state index >= 15 is 0 Å². The molecule has 0 spiro atoms. The van der Waals surface area contributed by atoms with E-state index in [9.17, 15) is 4.79 Å². The minimum absolute atomic E-state index is 0.165. The Bertz CT molecular complexity index is 409. The number of rotatable bonds is 2. The van der Waals surface area contributed by atoms with Crippen LogP contribution < -0.4 is 5.32 Å². The van der Waals surface area contributed by atoms with Gasteiger partial charge in [-0.2, -0.15) is 0 Å². The van der Waals surface area contributed by atoms with Crippen LogP contribution in [0.15, 0.2) is 0 Å². The molecule has 6 nitrogen and oxygen atoms in total. The highest BCUT2D eigenvalue weighted by molar-refractivity contribution is 5.68. The van der Waals surface area contributed by atoms with Crippen LogP contribution in [0.4, 0.5) is 4.79 Å². The van der Waals surface area contributed by atoms with Crippen LogP contribution in [0.2, 0.25) is 0 Å². The summed E-state index contributed by atoms with van der Waals surface area (Å²) in [7, 11) is 0. The minimum Gasteiger partial charge on any atom is -0.444 e. The molecule has 2 fully saturated rings. The van der Waals surface area contributed by atoms with Crippen LogP contribution in [0, 0.1) is 0 Å². The number of piperidine rings is 1. The lowest BCUT2D eigenvalue weighted by Gasteiger charge is -2.41.